The van der Waals surface area contributed by atoms with Crippen molar-refractivity contribution in [3.8, 4) is 0 Å². The molecule has 0 aromatic carbocycles. The van der Waals surface area contributed by atoms with E-state index in [0.29, 0.717) is 0 Å². The number of ether oxygens (including phenoxy) is 9. The second kappa shape index (κ2) is 20.0. The monoisotopic (exact) mass is 768 g/mol. The molecule has 1 N–H and O–H groups in total. The second-order valence-electron chi connectivity index (χ2n) is 11.8. The maximum atomic E-state index is 12.5. The Bertz CT molecular complexity index is 1610. The van der Waals surface area contributed by atoms with E-state index in [4.69, 9.17) is 53.7 Å². The van der Waals surface area contributed by atoms with Crippen molar-refractivity contribution in [1.29, 1.82) is 0 Å². The molecule has 1 aliphatic carbocycles. The molecule has 27 heteroatoms. The van der Waals surface area contributed by atoms with Gasteiger partial charge in [-0.15, -0.1) is 0 Å². The van der Waals surface area contributed by atoms with Crippen LogP contribution in [0, 0.1) is 0 Å². The highest BCUT2D eigenvalue weighted by molar-refractivity contribution is 5.68. The van der Waals surface area contributed by atoms with E-state index < -0.39 is 129 Å². The smallest absolute Gasteiger partial charge is 0.303 e. The molecule has 0 aromatic heterocycles. The van der Waals surface area contributed by atoms with Gasteiger partial charge in [0.15, 0.2) is 30.9 Å². The Kier molecular flexibility index (Phi) is 15.9. The zero-order valence-electron chi connectivity index (χ0n) is 29.2. The van der Waals surface area contributed by atoms with Crippen LogP contribution in [-0.2, 0) is 66.6 Å². The third-order valence-electron chi connectivity index (χ3n) is 7.95. The third kappa shape index (κ3) is 11.2. The summed E-state index contributed by atoms with van der Waals surface area (Å²) in [4.78, 5) is 71.6. The van der Waals surface area contributed by atoms with Gasteiger partial charge in [0, 0.05) is 54.3 Å². The topological polar surface area (TPSA) is 384 Å². The van der Waals surface area contributed by atoms with Gasteiger partial charge in [0.2, 0.25) is 0 Å². The fourth-order valence-electron chi connectivity index (χ4n) is 6.05. The number of nitrogens with zero attached hydrogens (tertiary/aromatic N) is 12. The first kappa shape index (κ1) is 42.8. The van der Waals surface area contributed by atoms with E-state index >= 15 is 0 Å². The van der Waals surface area contributed by atoms with Gasteiger partial charge in [-0.2, -0.15) is 0 Å². The summed E-state index contributed by atoms with van der Waals surface area (Å²) in [7, 11) is 0. The zero-order valence-corrected chi connectivity index (χ0v) is 29.2. The Labute approximate surface area is 303 Å². The van der Waals surface area contributed by atoms with Crippen LogP contribution in [0.4, 0.5) is 0 Å². The van der Waals surface area contributed by atoms with E-state index in [2.05, 4.69) is 40.1 Å². The van der Waals surface area contributed by atoms with Gasteiger partial charge in [-0.3, -0.25) is 24.0 Å². The van der Waals surface area contributed by atoms with Crippen molar-refractivity contribution in [1.82, 2.24) is 0 Å². The number of aliphatic hydroxyl groups is 1. The first-order chi connectivity index (χ1) is 25.6. The van der Waals surface area contributed by atoms with Crippen molar-refractivity contribution >= 4 is 29.8 Å². The third-order valence-corrected chi connectivity index (χ3v) is 7.95. The molecule has 2 saturated heterocycles. The Morgan fingerprint density at radius 3 is 1.69 bits per heavy atom. The first-order valence-electron chi connectivity index (χ1n) is 15.9. The summed E-state index contributed by atoms with van der Waals surface area (Å²) in [5.74, 6) is -4.44. The van der Waals surface area contributed by atoms with Crippen molar-refractivity contribution in [2.24, 2.45) is 20.5 Å². The molecule has 0 unspecified atom stereocenters. The molecule has 0 aromatic rings. The molecule has 27 nitrogen and oxygen atoms in total. The molecular weight excluding hydrogens is 732 g/mol. The van der Waals surface area contributed by atoms with Crippen LogP contribution in [-0.4, -0.2) is 134 Å². The zero-order chi connectivity index (χ0) is 40.1. The van der Waals surface area contributed by atoms with E-state index in [1.807, 2.05) is 0 Å². The van der Waals surface area contributed by atoms with Gasteiger partial charge >= 0.3 is 29.8 Å². The summed E-state index contributed by atoms with van der Waals surface area (Å²) in [6.45, 7) is 3.96. The molecule has 294 valence electrons. The Hall–Kier alpha value is -5.61. The molecule has 0 amide bonds. The summed E-state index contributed by atoms with van der Waals surface area (Å²) in [5, 5.41) is 25.5. The maximum Gasteiger partial charge on any atom is 0.303 e. The number of rotatable bonds is 15. The summed E-state index contributed by atoms with van der Waals surface area (Å²) < 4.78 is 50.9. The van der Waals surface area contributed by atoms with Gasteiger partial charge in [0.05, 0.1) is 24.7 Å². The van der Waals surface area contributed by atoms with E-state index in [9.17, 15) is 40.1 Å². The minimum absolute atomic E-state index is 0.276. The molecule has 14 atom stereocenters. The lowest BCUT2D eigenvalue weighted by Gasteiger charge is -2.44. The number of carbonyl (C=O) groups is 5. The quantitative estimate of drug-likeness (QED) is 0.0812. The van der Waals surface area contributed by atoms with Crippen LogP contribution in [0.3, 0.4) is 0 Å². The fraction of sp³-hybridized carbons (Fsp3) is 0.815. The summed E-state index contributed by atoms with van der Waals surface area (Å²) in [6, 6.07) is -4.21. The number of hydrogen-bond donors (Lipinski definition) is 1. The van der Waals surface area contributed by atoms with Crippen LogP contribution in [0.15, 0.2) is 20.5 Å². The van der Waals surface area contributed by atoms with Gasteiger partial charge in [0.1, 0.15) is 43.2 Å². The van der Waals surface area contributed by atoms with E-state index in [1.165, 1.54) is 0 Å². The number of carbonyl (C=O) groups excluding carboxylic acids is 5. The predicted molar refractivity (Wildman–Crippen MR) is 169 cm³/mol. The SMILES string of the molecule is CC(=O)OC[C@H]1O[C@@H](O[C@H]2[C@H](O)[C@@H](N=[N+]=[N-])C[C@@H](N=[N+]=[N-])[C@@H]2OC(C)=O)[C@H](OC(C)=O)[C@@H]1O[C@H]1O[C@@H](CN=[N+]=[N-])[C@@H](OC(C)=O)[C@H](OC(C)=O)[C@H]1N=[N+]=[N-]. The lowest BCUT2D eigenvalue weighted by Crippen LogP contribution is -2.62. The normalized spacial score (nSPS) is 34.2. The summed E-state index contributed by atoms with van der Waals surface area (Å²) in [5.41, 5.74) is 36.8. The highest BCUT2D eigenvalue weighted by atomic mass is 16.8. The van der Waals surface area contributed by atoms with E-state index in [1.54, 1.807) is 0 Å². The van der Waals surface area contributed by atoms with Gasteiger partial charge in [0.25, 0.3) is 0 Å². The Morgan fingerprint density at radius 2 is 1.13 bits per heavy atom. The highest BCUT2D eigenvalue weighted by Crippen LogP contribution is 2.38. The molecular formula is C27H36N12O15. The van der Waals surface area contributed by atoms with Crippen LogP contribution < -0.4 is 0 Å². The molecule has 0 spiro atoms. The molecule has 3 rings (SSSR count). The molecule has 54 heavy (non-hydrogen) atoms. The fourth-order valence-corrected chi connectivity index (χ4v) is 6.05. The standard InChI is InChI=1S/C27H36N12O15/c1-9(40)46-8-17-22(53-26-18(35-39-31)23(49-12(4)43)21(48-11(3)42)16(51-26)7-32-36-28)25(50-13(5)44)27(52-17)54-24-19(45)14(33-37-29)6-15(34-38-30)20(24)47-10(2)41/h14-27,45H,6-8H2,1-5H3/t14-,15+,16-,17+,18+,19+,20-,21+,22+,23+,24-,25+,26+,27-/m0/s1. The summed E-state index contributed by atoms with van der Waals surface area (Å²) in [6.07, 6.45) is -18.1. The average molecular weight is 769 g/mol. The van der Waals surface area contributed by atoms with Gasteiger partial charge in [-0.25, -0.2) is 0 Å². The molecule has 0 radical (unpaired) electrons. The van der Waals surface area contributed by atoms with Crippen molar-refractivity contribution in [3.63, 3.8) is 0 Å². The minimum Gasteiger partial charge on any atom is -0.463 e. The molecule has 1 saturated carbocycles. The largest absolute Gasteiger partial charge is 0.463 e. The van der Waals surface area contributed by atoms with Crippen LogP contribution in [0.2, 0.25) is 0 Å². The second-order valence-corrected chi connectivity index (χ2v) is 11.8. The van der Waals surface area contributed by atoms with Crippen LogP contribution >= 0.6 is 0 Å². The minimum atomic E-state index is -1.81. The molecule has 3 aliphatic rings. The maximum absolute atomic E-state index is 12.5. The predicted octanol–water partition coefficient (Wildman–Crippen LogP) is 1.61. The molecule has 2 heterocycles. The average Bonchev–Trinajstić information content (AvgIpc) is 3.39. The van der Waals surface area contributed by atoms with Crippen molar-refractivity contribution in [2.75, 3.05) is 13.2 Å². The van der Waals surface area contributed by atoms with Crippen molar-refractivity contribution < 1.29 is 71.7 Å². The van der Waals surface area contributed by atoms with Gasteiger partial charge in [-0.1, -0.05) is 20.5 Å². The number of esters is 5. The van der Waals surface area contributed by atoms with Gasteiger partial charge in [-0.05, 0) is 28.5 Å². The Morgan fingerprint density at radius 1 is 0.611 bits per heavy atom. The number of hydrogen-bond acceptors (Lipinski definition) is 19. The van der Waals surface area contributed by atoms with Crippen LogP contribution in [0.1, 0.15) is 41.0 Å². The van der Waals surface area contributed by atoms with Crippen molar-refractivity contribution in [2.45, 2.75) is 127 Å². The van der Waals surface area contributed by atoms with Crippen LogP contribution in [0.5, 0.6) is 0 Å². The number of azide groups is 4. The highest BCUT2D eigenvalue weighted by Gasteiger charge is 2.57. The van der Waals surface area contributed by atoms with Gasteiger partial charge < -0.3 is 47.7 Å². The number of aliphatic hydroxyl groups excluding tert-OH is 1. The molecule has 2 aliphatic heterocycles. The molecule has 3 fully saturated rings. The first-order valence-corrected chi connectivity index (χ1v) is 15.9. The van der Waals surface area contributed by atoms with Crippen molar-refractivity contribution in [3.05, 3.63) is 41.8 Å². The lowest BCUT2D eigenvalue weighted by atomic mass is 9.84. The Balaban J connectivity index is 2.14. The lowest BCUT2D eigenvalue weighted by molar-refractivity contribution is -0.286. The van der Waals surface area contributed by atoms with E-state index in [0.717, 1.165) is 34.6 Å². The van der Waals surface area contributed by atoms with E-state index in [-0.39, 0.29) is 6.42 Å². The summed E-state index contributed by atoms with van der Waals surface area (Å²) >= 11 is 0. The van der Waals surface area contributed by atoms with Crippen LogP contribution in [0.25, 0.3) is 41.8 Å². The molecule has 0 bridgehead atoms.